The van der Waals surface area contributed by atoms with E-state index in [1.807, 2.05) is 7.05 Å². The van der Waals surface area contributed by atoms with Gasteiger partial charge in [-0.05, 0) is 50.5 Å². The molecule has 0 saturated carbocycles. The molecule has 2 heteroatoms. The highest BCUT2D eigenvalue weighted by molar-refractivity contribution is 5.55. The zero-order valence-corrected chi connectivity index (χ0v) is 9.66. The molecule has 0 amide bonds. The van der Waals surface area contributed by atoms with Crippen LogP contribution in [0.5, 0.6) is 0 Å². The van der Waals surface area contributed by atoms with E-state index in [0.29, 0.717) is 6.04 Å². The number of rotatable bonds is 2. The van der Waals surface area contributed by atoms with Crippen LogP contribution < -0.4 is 10.2 Å². The Labute approximate surface area is 92.3 Å². The molecule has 1 saturated heterocycles. The number of nitrogens with zero attached hydrogens (tertiary/aromatic N) is 1. The van der Waals surface area contributed by atoms with Crippen LogP contribution in [0.4, 0.5) is 11.4 Å². The average molecular weight is 204 g/mol. The summed E-state index contributed by atoms with van der Waals surface area (Å²) in [4.78, 5) is 2.52. The summed E-state index contributed by atoms with van der Waals surface area (Å²) in [6.45, 7) is 3.53. The van der Waals surface area contributed by atoms with Gasteiger partial charge in [0.2, 0.25) is 0 Å². The van der Waals surface area contributed by atoms with Gasteiger partial charge in [-0.2, -0.15) is 0 Å². The van der Waals surface area contributed by atoms with Gasteiger partial charge >= 0.3 is 0 Å². The van der Waals surface area contributed by atoms with E-state index in [9.17, 15) is 0 Å². The van der Waals surface area contributed by atoms with E-state index < -0.39 is 0 Å². The fourth-order valence-corrected chi connectivity index (χ4v) is 2.30. The van der Waals surface area contributed by atoms with Crippen molar-refractivity contribution in [3.8, 4) is 0 Å². The lowest BCUT2D eigenvalue weighted by molar-refractivity contribution is 0.485. The largest absolute Gasteiger partial charge is 0.388 e. The molecule has 0 bridgehead atoms. The van der Waals surface area contributed by atoms with Crippen LogP contribution in [-0.4, -0.2) is 19.6 Å². The molecule has 2 nitrogen and oxygen atoms in total. The van der Waals surface area contributed by atoms with Crippen molar-refractivity contribution in [3.63, 3.8) is 0 Å². The molecule has 1 aliphatic heterocycles. The Bertz CT molecular complexity index is 305. The highest BCUT2D eigenvalue weighted by Crippen LogP contribution is 2.25. The molecule has 0 aromatic heterocycles. The first kappa shape index (κ1) is 10.3. The fourth-order valence-electron chi connectivity index (χ4n) is 2.30. The van der Waals surface area contributed by atoms with E-state index in [1.165, 1.54) is 37.2 Å². The van der Waals surface area contributed by atoms with E-state index in [-0.39, 0.29) is 0 Å². The molecule has 15 heavy (non-hydrogen) atoms. The summed E-state index contributed by atoms with van der Waals surface area (Å²) < 4.78 is 0. The lowest BCUT2D eigenvalue weighted by Gasteiger charge is -2.35. The van der Waals surface area contributed by atoms with E-state index in [0.717, 1.165) is 0 Å². The molecule has 1 N–H and O–H groups in total. The summed E-state index contributed by atoms with van der Waals surface area (Å²) in [5.74, 6) is 0. The van der Waals surface area contributed by atoms with Gasteiger partial charge in [0, 0.05) is 31.0 Å². The Morgan fingerprint density at radius 2 is 1.93 bits per heavy atom. The zero-order valence-electron chi connectivity index (χ0n) is 9.66. The average Bonchev–Trinajstić information content (AvgIpc) is 2.30. The van der Waals surface area contributed by atoms with Gasteiger partial charge in [-0.15, -0.1) is 0 Å². The van der Waals surface area contributed by atoms with E-state index in [1.54, 1.807) is 0 Å². The summed E-state index contributed by atoms with van der Waals surface area (Å²) in [5, 5.41) is 3.15. The predicted octanol–water partition coefficient (Wildman–Crippen LogP) is 3.11. The number of anilines is 2. The smallest absolute Gasteiger partial charge is 0.0370 e. The molecule has 1 aromatic rings. The van der Waals surface area contributed by atoms with Crippen LogP contribution in [0.15, 0.2) is 24.3 Å². The molecule has 82 valence electrons. The maximum absolute atomic E-state index is 3.15. The van der Waals surface area contributed by atoms with Crippen molar-refractivity contribution < 1.29 is 0 Å². The minimum absolute atomic E-state index is 0.694. The fraction of sp³-hybridized carbons (Fsp3) is 0.538. The lowest BCUT2D eigenvalue weighted by Crippen LogP contribution is -2.37. The Morgan fingerprint density at radius 1 is 1.20 bits per heavy atom. The van der Waals surface area contributed by atoms with Crippen LogP contribution >= 0.6 is 0 Å². The summed E-state index contributed by atoms with van der Waals surface area (Å²) in [7, 11) is 1.96. The summed E-state index contributed by atoms with van der Waals surface area (Å²) in [6.07, 6.45) is 4.04. The molecular formula is C13H20N2. The van der Waals surface area contributed by atoms with Crippen molar-refractivity contribution in [2.24, 2.45) is 0 Å². The molecule has 1 fully saturated rings. The molecular weight excluding hydrogens is 184 g/mol. The Kier molecular flexibility index (Phi) is 3.14. The maximum atomic E-state index is 3.15. The molecule has 1 atom stereocenters. The molecule has 1 heterocycles. The topological polar surface area (TPSA) is 15.3 Å². The monoisotopic (exact) mass is 204 g/mol. The maximum Gasteiger partial charge on any atom is 0.0370 e. The first-order valence-electron chi connectivity index (χ1n) is 5.85. The molecule has 0 spiro atoms. The van der Waals surface area contributed by atoms with Crippen LogP contribution in [0.1, 0.15) is 26.2 Å². The Hall–Kier alpha value is -1.18. The normalized spacial score (nSPS) is 21.5. The second-order valence-corrected chi connectivity index (χ2v) is 4.34. The molecule has 0 radical (unpaired) electrons. The number of hydrogen-bond donors (Lipinski definition) is 1. The first-order valence-corrected chi connectivity index (χ1v) is 5.85. The van der Waals surface area contributed by atoms with Crippen LogP contribution in [0.25, 0.3) is 0 Å². The SMILES string of the molecule is CNc1ccc(N2CCCC[C@H]2C)cc1. The van der Waals surface area contributed by atoms with E-state index in [4.69, 9.17) is 0 Å². The molecule has 1 aliphatic rings. The number of benzene rings is 1. The van der Waals surface area contributed by atoms with E-state index >= 15 is 0 Å². The van der Waals surface area contributed by atoms with E-state index in [2.05, 4.69) is 41.4 Å². The van der Waals surface area contributed by atoms with Crippen molar-refractivity contribution in [1.29, 1.82) is 0 Å². The van der Waals surface area contributed by atoms with Gasteiger partial charge in [0.1, 0.15) is 0 Å². The van der Waals surface area contributed by atoms with Crippen LogP contribution in [0, 0.1) is 0 Å². The van der Waals surface area contributed by atoms with Gasteiger partial charge in [0.15, 0.2) is 0 Å². The molecule has 1 aromatic carbocycles. The van der Waals surface area contributed by atoms with Crippen molar-refractivity contribution in [1.82, 2.24) is 0 Å². The second kappa shape index (κ2) is 4.56. The highest BCUT2D eigenvalue weighted by Gasteiger charge is 2.17. The van der Waals surface area contributed by atoms with Crippen molar-refractivity contribution >= 4 is 11.4 Å². The highest BCUT2D eigenvalue weighted by atomic mass is 15.2. The second-order valence-electron chi connectivity index (χ2n) is 4.34. The van der Waals surface area contributed by atoms with Gasteiger partial charge < -0.3 is 10.2 Å². The van der Waals surface area contributed by atoms with Crippen molar-refractivity contribution in [2.45, 2.75) is 32.2 Å². The first-order chi connectivity index (χ1) is 7.31. The quantitative estimate of drug-likeness (QED) is 0.796. The van der Waals surface area contributed by atoms with Gasteiger partial charge in [-0.3, -0.25) is 0 Å². The molecule has 0 aliphatic carbocycles. The predicted molar refractivity (Wildman–Crippen MR) is 66.6 cm³/mol. The minimum atomic E-state index is 0.694. The van der Waals surface area contributed by atoms with Crippen molar-refractivity contribution in [3.05, 3.63) is 24.3 Å². The third-order valence-electron chi connectivity index (χ3n) is 3.29. The Morgan fingerprint density at radius 3 is 2.53 bits per heavy atom. The van der Waals surface area contributed by atoms with Gasteiger partial charge in [-0.25, -0.2) is 0 Å². The van der Waals surface area contributed by atoms with Gasteiger partial charge in [-0.1, -0.05) is 0 Å². The van der Waals surface area contributed by atoms with Crippen molar-refractivity contribution in [2.75, 3.05) is 23.8 Å². The number of hydrogen-bond acceptors (Lipinski definition) is 2. The third-order valence-corrected chi connectivity index (χ3v) is 3.29. The van der Waals surface area contributed by atoms with Gasteiger partial charge in [0.05, 0.1) is 0 Å². The molecule has 2 rings (SSSR count). The third kappa shape index (κ3) is 2.25. The summed E-state index contributed by atoms with van der Waals surface area (Å²) >= 11 is 0. The van der Waals surface area contributed by atoms with Crippen LogP contribution in [-0.2, 0) is 0 Å². The number of piperidine rings is 1. The Balaban J connectivity index is 2.13. The van der Waals surface area contributed by atoms with Gasteiger partial charge in [0.25, 0.3) is 0 Å². The standard InChI is InChI=1S/C13H20N2/c1-11-5-3-4-10-15(11)13-8-6-12(14-2)7-9-13/h6-9,11,14H,3-5,10H2,1-2H3/t11-/m1/s1. The number of nitrogens with one attached hydrogen (secondary N) is 1. The lowest BCUT2D eigenvalue weighted by atomic mass is 10.0. The minimum Gasteiger partial charge on any atom is -0.388 e. The summed E-state index contributed by atoms with van der Waals surface area (Å²) in [5.41, 5.74) is 2.55. The zero-order chi connectivity index (χ0) is 10.7. The van der Waals surface area contributed by atoms with Crippen LogP contribution in [0.2, 0.25) is 0 Å². The van der Waals surface area contributed by atoms with Crippen LogP contribution in [0.3, 0.4) is 0 Å². The summed E-state index contributed by atoms with van der Waals surface area (Å²) in [6, 6.07) is 9.42. The molecule has 0 unspecified atom stereocenters.